The summed E-state index contributed by atoms with van der Waals surface area (Å²) in [4.78, 5) is 26.1. The van der Waals surface area contributed by atoms with E-state index in [-0.39, 0.29) is 18.4 Å². The largest absolute Gasteiger partial charge is 0.375 e. The van der Waals surface area contributed by atoms with E-state index in [0.29, 0.717) is 22.8 Å². The van der Waals surface area contributed by atoms with Crippen LogP contribution >= 0.6 is 11.6 Å². The molecule has 2 aromatic carbocycles. The highest BCUT2D eigenvalue weighted by atomic mass is 35.5. The van der Waals surface area contributed by atoms with Crippen molar-refractivity contribution in [3.8, 4) is 0 Å². The summed E-state index contributed by atoms with van der Waals surface area (Å²) in [5.41, 5.74) is 3.02. The Morgan fingerprint density at radius 1 is 1.25 bits per heavy atom. The van der Waals surface area contributed by atoms with Gasteiger partial charge in [0, 0.05) is 35.6 Å². The summed E-state index contributed by atoms with van der Waals surface area (Å²) in [5.74, 6) is -0.334. The summed E-state index contributed by atoms with van der Waals surface area (Å²) in [6.45, 7) is 0.668. The average Bonchev–Trinajstić information content (AvgIpc) is 2.98. The number of methoxy groups -OCH3 is 1. The van der Waals surface area contributed by atoms with Gasteiger partial charge >= 0.3 is 0 Å². The number of nitrogens with one attached hydrogen (secondary N) is 1. The molecular weight excluding hydrogens is 328 g/mol. The van der Waals surface area contributed by atoms with E-state index < -0.39 is 0 Å². The predicted molar refractivity (Wildman–Crippen MR) is 93.8 cm³/mol. The minimum absolute atomic E-state index is 0.0402. The molecule has 1 N–H and O–H groups in total. The molecule has 124 valence electrons. The van der Waals surface area contributed by atoms with Gasteiger partial charge in [-0.1, -0.05) is 23.7 Å². The number of ether oxygens (including phenoxy) is 1. The Bertz CT molecular complexity index is 792. The van der Waals surface area contributed by atoms with Gasteiger partial charge in [-0.05, 0) is 42.3 Å². The number of hydrogen-bond donors (Lipinski definition) is 1. The summed E-state index contributed by atoms with van der Waals surface area (Å²) >= 11 is 5.92. The SMILES string of the molecule is COCC(=O)N1CCc2ccc(NC(=O)c3cccc(Cl)c3)cc21. The zero-order valence-corrected chi connectivity index (χ0v) is 14.0. The van der Waals surface area contributed by atoms with Gasteiger partial charge in [0.15, 0.2) is 0 Å². The van der Waals surface area contributed by atoms with E-state index in [0.717, 1.165) is 17.7 Å². The highest BCUT2D eigenvalue weighted by Crippen LogP contribution is 2.31. The maximum atomic E-state index is 12.3. The quantitative estimate of drug-likeness (QED) is 0.927. The third-order valence-electron chi connectivity index (χ3n) is 3.89. The van der Waals surface area contributed by atoms with Crippen molar-refractivity contribution in [1.29, 1.82) is 0 Å². The van der Waals surface area contributed by atoms with Crippen LogP contribution in [0, 0.1) is 0 Å². The number of carbonyl (C=O) groups is 2. The van der Waals surface area contributed by atoms with Crippen LogP contribution in [0.1, 0.15) is 15.9 Å². The second-order valence-corrected chi connectivity index (χ2v) is 5.97. The second-order valence-electron chi connectivity index (χ2n) is 5.54. The molecule has 1 heterocycles. The molecule has 0 saturated heterocycles. The number of rotatable bonds is 4. The summed E-state index contributed by atoms with van der Waals surface area (Å²) in [6, 6.07) is 12.3. The van der Waals surface area contributed by atoms with Gasteiger partial charge in [0.05, 0.1) is 0 Å². The molecule has 1 aliphatic rings. The number of nitrogens with zero attached hydrogens (tertiary/aromatic N) is 1. The van der Waals surface area contributed by atoms with Crippen molar-refractivity contribution < 1.29 is 14.3 Å². The molecule has 3 rings (SSSR count). The topological polar surface area (TPSA) is 58.6 Å². The van der Waals surface area contributed by atoms with Gasteiger partial charge < -0.3 is 15.0 Å². The number of benzene rings is 2. The molecule has 0 unspecified atom stereocenters. The molecule has 0 radical (unpaired) electrons. The van der Waals surface area contributed by atoms with Gasteiger partial charge in [-0.2, -0.15) is 0 Å². The smallest absolute Gasteiger partial charge is 0.255 e. The summed E-state index contributed by atoms with van der Waals surface area (Å²) in [6.07, 6.45) is 0.799. The van der Waals surface area contributed by atoms with Crippen molar-refractivity contribution in [3.05, 3.63) is 58.6 Å². The normalized spacial score (nSPS) is 12.8. The van der Waals surface area contributed by atoms with Crippen LogP contribution < -0.4 is 10.2 Å². The van der Waals surface area contributed by atoms with Gasteiger partial charge in [-0.15, -0.1) is 0 Å². The Hall–Kier alpha value is -2.37. The van der Waals surface area contributed by atoms with Crippen LogP contribution in [-0.2, 0) is 16.0 Å². The van der Waals surface area contributed by atoms with Crippen LogP contribution in [0.4, 0.5) is 11.4 Å². The molecule has 6 heteroatoms. The molecule has 0 fully saturated rings. The molecule has 0 aromatic heterocycles. The maximum absolute atomic E-state index is 12.3. The monoisotopic (exact) mass is 344 g/mol. The van der Waals surface area contributed by atoms with E-state index in [1.165, 1.54) is 7.11 Å². The minimum atomic E-state index is -0.245. The lowest BCUT2D eigenvalue weighted by Gasteiger charge is -2.17. The molecule has 0 saturated carbocycles. The molecular formula is C18H17ClN2O3. The van der Waals surface area contributed by atoms with E-state index in [9.17, 15) is 9.59 Å². The highest BCUT2D eigenvalue weighted by Gasteiger charge is 2.24. The molecule has 0 spiro atoms. The van der Waals surface area contributed by atoms with Crippen LogP contribution in [-0.4, -0.2) is 32.1 Å². The lowest BCUT2D eigenvalue weighted by atomic mass is 10.1. The number of hydrogen-bond acceptors (Lipinski definition) is 3. The average molecular weight is 345 g/mol. The standard InChI is InChI=1S/C18H17ClN2O3/c1-24-11-17(22)21-8-7-12-5-6-15(10-16(12)21)20-18(23)13-3-2-4-14(19)9-13/h2-6,9-10H,7-8,11H2,1H3,(H,20,23). The first kappa shape index (κ1) is 16.5. The fourth-order valence-electron chi connectivity index (χ4n) is 2.75. The summed E-state index contributed by atoms with van der Waals surface area (Å²) < 4.78 is 4.92. The predicted octanol–water partition coefficient (Wildman–Crippen LogP) is 3.13. The van der Waals surface area contributed by atoms with E-state index in [1.807, 2.05) is 18.2 Å². The summed E-state index contributed by atoms with van der Waals surface area (Å²) in [5, 5.41) is 3.35. The minimum Gasteiger partial charge on any atom is -0.375 e. The molecule has 2 amide bonds. The zero-order valence-electron chi connectivity index (χ0n) is 13.2. The third kappa shape index (κ3) is 3.42. The van der Waals surface area contributed by atoms with E-state index in [1.54, 1.807) is 29.2 Å². The number of anilines is 2. The Balaban J connectivity index is 1.80. The van der Waals surface area contributed by atoms with Gasteiger partial charge in [0.1, 0.15) is 6.61 Å². The molecule has 0 atom stereocenters. The summed E-state index contributed by atoms with van der Waals surface area (Å²) in [7, 11) is 1.50. The molecule has 0 bridgehead atoms. The zero-order chi connectivity index (χ0) is 17.1. The van der Waals surface area contributed by atoms with Crippen molar-refractivity contribution in [2.24, 2.45) is 0 Å². The van der Waals surface area contributed by atoms with Crippen molar-refractivity contribution in [1.82, 2.24) is 0 Å². The van der Waals surface area contributed by atoms with E-state index in [2.05, 4.69) is 5.32 Å². The lowest BCUT2D eigenvalue weighted by Crippen LogP contribution is -2.32. The van der Waals surface area contributed by atoms with Crippen molar-refractivity contribution in [3.63, 3.8) is 0 Å². The molecule has 2 aromatic rings. The second kappa shape index (κ2) is 7.03. The molecule has 24 heavy (non-hydrogen) atoms. The van der Waals surface area contributed by atoms with Gasteiger partial charge in [-0.3, -0.25) is 9.59 Å². The molecule has 0 aliphatic carbocycles. The van der Waals surface area contributed by atoms with Gasteiger partial charge in [-0.25, -0.2) is 0 Å². The third-order valence-corrected chi connectivity index (χ3v) is 4.13. The van der Waals surface area contributed by atoms with Crippen LogP contribution in [0.3, 0.4) is 0 Å². The Labute approximate surface area is 145 Å². The first-order chi connectivity index (χ1) is 11.6. The Kier molecular flexibility index (Phi) is 4.83. The number of fused-ring (bicyclic) bond motifs is 1. The van der Waals surface area contributed by atoms with Crippen LogP contribution in [0.2, 0.25) is 5.02 Å². The fraction of sp³-hybridized carbons (Fsp3) is 0.222. The number of halogens is 1. The van der Waals surface area contributed by atoms with Crippen molar-refractivity contribution in [2.45, 2.75) is 6.42 Å². The number of carbonyl (C=O) groups excluding carboxylic acids is 2. The molecule has 5 nitrogen and oxygen atoms in total. The van der Waals surface area contributed by atoms with Gasteiger partial charge in [0.25, 0.3) is 11.8 Å². The van der Waals surface area contributed by atoms with Crippen molar-refractivity contribution in [2.75, 3.05) is 30.5 Å². The van der Waals surface area contributed by atoms with Crippen LogP contribution in [0.5, 0.6) is 0 Å². The first-order valence-electron chi connectivity index (χ1n) is 7.57. The Morgan fingerprint density at radius 2 is 2.08 bits per heavy atom. The molecule has 1 aliphatic heterocycles. The fourth-order valence-corrected chi connectivity index (χ4v) is 2.94. The highest BCUT2D eigenvalue weighted by molar-refractivity contribution is 6.31. The van der Waals surface area contributed by atoms with Crippen LogP contribution in [0.25, 0.3) is 0 Å². The van der Waals surface area contributed by atoms with Crippen molar-refractivity contribution >= 4 is 34.8 Å². The first-order valence-corrected chi connectivity index (χ1v) is 7.95. The van der Waals surface area contributed by atoms with E-state index in [4.69, 9.17) is 16.3 Å². The maximum Gasteiger partial charge on any atom is 0.255 e. The Morgan fingerprint density at radius 3 is 2.83 bits per heavy atom. The van der Waals surface area contributed by atoms with E-state index >= 15 is 0 Å². The number of amides is 2. The van der Waals surface area contributed by atoms with Crippen LogP contribution in [0.15, 0.2) is 42.5 Å². The lowest BCUT2D eigenvalue weighted by molar-refractivity contribution is -0.122. The van der Waals surface area contributed by atoms with Gasteiger partial charge in [0.2, 0.25) is 0 Å².